The fraction of sp³-hybridized carbons (Fsp3) is 0.278. The summed E-state index contributed by atoms with van der Waals surface area (Å²) in [6.07, 6.45) is 1.90. The molecule has 0 unspecified atom stereocenters. The second-order valence-electron chi connectivity index (χ2n) is 6.27. The van der Waals surface area contributed by atoms with Crippen molar-refractivity contribution in [2.45, 2.75) is 25.0 Å². The number of fused-ring (bicyclic) bond motifs is 2. The van der Waals surface area contributed by atoms with Gasteiger partial charge in [0.1, 0.15) is 6.17 Å². The second kappa shape index (κ2) is 5.14. The molecule has 0 spiro atoms. The van der Waals surface area contributed by atoms with E-state index in [1.165, 1.54) is 0 Å². The van der Waals surface area contributed by atoms with Gasteiger partial charge in [0.15, 0.2) is 11.5 Å². The number of para-hydroxylation sites is 1. The molecule has 1 N–H and O–H groups in total. The first-order valence-electron chi connectivity index (χ1n) is 7.99. The smallest absolute Gasteiger partial charge is 0.258 e. The molecule has 0 bridgehead atoms. The third kappa shape index (κ3) is 2.09. The van der Waals surface area contributed by atoms with Gasteiger partial charge >= 0.3 is 0 Å². The van der Waals surface area contributed by atoms with E-state index in [1.54, 1.807) is 0 Å². The van der Waals surface area contributed by atoms with Gasteiger partial charge in [0.05, 0.1) is 10.0 Å². The molecule has 6 heteroatoms. The molecule has 2 heterocycles. The van der Waals surface area contributed by atoms with Crippen molar-refractivity contribution in [2.75, 3.05) is 12.1 Å². The molecule has 5 nitrogen and oxygen atoms in total. The van der Waals surface area contributed by atoms with Gasteiger partial charge in [0.2, 0.25) is 6.79 Å². The summed E-state index contributed by atoms with van der Waals surface area (Å²) in [5.41, 5.74) is 2.60. The fourth-order valence-corrected chi connectivity index (χ4v) is 3.96. The summed E-state index contributed by atoms with van der Waals surface area (Å²) in [7, 11) is 0. The molecular weight excluding hydrogens is 372 g/mol. The summed E-state index contributed by atoms with van der Waals surface area (Å²) in [5.74, 6) is 1.52. The van der Waals surface area contributed by atoms with Crippen molar-refractivity contribution in [2.24, 2.45) is 0 Å². The summed E-state index contributed by atoms with van der Waals surface area (Å²) in [6, 6.07) is 11.9. The largest absolute Gasteiger partial charge is 0.454 e. The van der Waals surface area contributed by atoms with E-state index < -0.39 is 0 Å². The molecule has 1 fully saturated rings. The van der Waals surface area contributed by atoms with Crippen LogP contribution in [0.1, 0.15) is 34.9 Å². The van der Waals surface area contributed by atoms with Crippen LogP contribution in [-0.2, 0) is 0 Å². The number of benzene rings is 2. The first kappa shape index (κ1) is 14.2. The Morgan fingerprint density at radius 3 is 2.83 bits per heavy atom. The zero-order valence-corrected chi connectivity index (χ0v) is 14.4. The zero-order valence-electron chi connectivity index (χ0n) is 12.8. The van der Waals surface area contributed by atoms with E-state index in [1.807, 2.05) is 41.3 Å². The number of halogens is 1. The van der Waals surface area contributed by atoms with Crippen LogP contribution in [0.3, 0.4) is 0 Å². The van der Waals surface area contributed by atoms with Crippen molar-refractivity contribution in [3.05, 3.63) is 52.0 Å². The zero-order chi connectivity index (χ0) is 16.3. The number of rotatable bonds is 2. The van der Waals surface area contributed by atoms with Crippen LogP contribution in [0.15, 0.2) is 40.9 Å². The molecule has 0 saturated heterocycles. The standard InChI is InChI=1S/C18H15BrN2O3/c19-13-7-10(8-15-16(13)24-9-23-15)17-20-14-4-2-1-3-12(14)18(22)21(17)11-5-6-11/h1-4,7-8,11,17,20H,5-6,9H2/t17-/m0/s1. The first-order chi connectivity index (χ1) is 11.7. The molecule has 1 amide bonds. The minimum atomic E-state index is -0.203. The molecule has 2 aromatic rings. The number of nitrogens with zero attached hydrogens (tertiary/aromatic N) is 1. The van der Waals surface area contributed by atoms with E-state index in [-0.39, 0.29) is 18.9 Å². The quantitative estimate of drug-likeness (QED) is 0.849. The highest BCUT2D eigenvalue weighted by Crippen LogP contribution is 2.45. The molecule has 1 aliphatic carbocycles. The van der Waals surface area contributed by atoms with Gasteiger partial charge in [-0.1, -0.05) is 12.1 Å². The number of carbonyl (C=O) groups excluding carboxylic acids is 1. The van der Waals surface area contributed by atoms with Crippen LogP contribution in [-0.4, -0.2) is 23.6 Å². The van der Waals surface area contributed by atoms with Gasteiger partial charge < -0.3 is 19.7 Å². The van der Waals surface area contributed by atoms with Gasteiger partial charge in [-0.15, -0.1) is 0 Å². The SMILES string of the molecule is O=C1c2ccccc2N[C@H](c2cc(Br)c3c(c2)OCO3)N1C1CC1. The molecule has 122 valence electrons. The lowest BCUT2D eigenvalue weighted by Gasteiger charge is -2.38. The van der Waals surface area contributed by atoms with Crippen molar-refractivity contribution in [3.8, 4) is 11.5 Å². The topological polar surface area (TPSA) is 50.8 Å². The second-order valence-corrected chi connectivity index (χ2v) is 7.13. The Kier molecular flexibility index (Phi) is 3.03. The van der Waals surface area contributed by atoms with E-state index >= 15 is 0 Å². The predicted molar refractivity (Wildman–Crippen MR) is 92.3 cm³/mol. The van der Waals surface area contributed by atoms with Crippen LogP contribution in [0, 0.1) is 0 Å². The number of carbonyl (C=O) groups is 1. The van der Waals surface area contributed by atoms with E-state index in [0.29, 0.717) is 11.8 Å². The van der Waals surface area contributed by atoms with Gasteiger partial charge in [-0.25, -0.2) is 0 Å². The average molecular weight is 387 g/mol. The molecule has 1 atom stereocenters. The Labute approximate surface area is 147 Å². The fourth-order valence-electron chi connectivity index (χ4n) is 3.39. The Bertz CT molecular complexity index is 850. The van der Waals surface area contributed by atoms with E-state index in [2.05, 4.69) is 21.2 Å². The van der Waals surface area contributed by atoms with E-state index in [0.717, 1.165) is 39.9 Å². The minimum absolute atomic E-state index is 0.0886. The molecule has 2 aromatic carbocycles. The molecule has 0 radical (unpaired) electrons. The van der Waals surface area contributed by atoms with E-state index in [9.17, 15) is 4.79 Å². The highest BCUT2D eigenvalue weighted by molar-refractivity contribution is 9.10. The van der Waals surface area contributed by atoms with Crippen molar-refractivity contribution in [3.63, 3.8) is 0 Å². The number of anilines is 1. The maximum absolute atomic E-state index is 13.0. The number of nitrogens with one attached hydrogen (secondary N) is 1. The summed E-state index contributed by atoms with van der Waals surface area (Å²) in [4.78, 5) is 15.0. The highest BCUT2D eigenvalue weighted by atomic mass is 79.9. The summed E-state index contributed by atoms with van der Waals surface area (Å²) in [5, 5.41) is 3.52. The highest BCUT2D eigenvalue weighted by Gasteiger charge is 2.42. The van der Waals surface area contributed by atoms with Crippen LogP contribution in [0.4, 0.5) is 5.69 Å². The maximum atomic E-state index is 13.0. The molecule has 5 rings (SSSR count). The first-order valence-corrected chi connectivity index (χ1v) is 8.79. The van der Waals surface area contributed by atoms with Crippen LogP contribution >= 0.6 is 15.9 Å². The normalized spacial score (nSPS) is 21.5. The lowest BCUT2D eigenvalue weighted by atomic mass is 10.0. The summed E-state index contributed by atoms with van der Waals surface area (Å²) in [6.45, 7) is 0.226. The summed E-state index contributed by atoms with van der Waals surface area (Å²) < 4.78 is 11.8. The molecular formula is C18H15BrN2O3. The maximum Gasteiger partial charge on any atom is 0.258 e. The van der Waals surface area contributed by atoms with Crippen LogP contribution < -0.4 is 14.8 Å². The Hall–Kier alpha value is -2.21. The van der Waals surface area contributed by atoms with Gasteiger partial charge in [-0.05, 0) is 58.6 Å². The lowest BCUT2D eigenvalue weighted by molar-refractivity contribution is 0.0666. The van der Waals surface area contributed by atoms with Crippen molar-refractivity contribution in [1.29, 1.82) is 0 Å². The lowest BCUT2D eigenvalue weighted by Crippen LogP contribution is -2.44. The summed E-state index contributed by atoms with van der Waals surface area (Å²) >= 11 is 3.55. The monoisotopic (exact) mass is 386 g/mol. The molecule has 1 saturated carbocycles. The minimum Gasteiger partial charge on any atom is -0.454 e. The van der Waals surface area contributed by atoms with Crippen molar-refractivity contribution >= 4 is 27.5 Å². The van der Waals surface area contributed by atoms with Crippen molar-refractivity contribution in [1.82, 2.24) is 4.90 Å². The van der Waals surface area contributed by atoms with Crippen molar-refractivity contribution < 1.29 is 14.3 Å². The number of hydrogen-bond donors (Lipinski definition) is 1. The van der Waals surface area contributed by atoms with Gasteiger partial charge in [-0.3, -0.25) is 4.79 Å². The molecule has 0 aromatic heterocycles. The molecule has 2 aliphatic heterocycles. The average Bonchev–Trinajstić information content (AvgIpc) is 3.30. The van der Waals surface area contributed by atoms with Crippen LogP contribution in [0.25, 0.3) is 0 Å². The van der Waals surface area contributed by atoms with Gasteiger partial charge in [-0.2, -0.15) is 0 Å². The number of hydrogen-bond acceptors (Lipinski definition) is 4. The third-order valence-corrected chi connectivity index (χ3v) is 5.26. The van der Waals surface area contributed by atoms with E-state index in [4.69, 9.17) is 9.47 Å². The number of ether oxygens (including phenoxy) is 2. The van der Waals surface area contributed by atoms with Gasteiger partial charge in [0.25, 0.3) is 5.91 Å². The molecule has 24 heavy (non-hydrogen) atoms. The predicted octanol–water partition coefficient (Wildman–Crippen LogP) is 3.91. The molecule has 3 aliphatic rings. The number of amides is 1. The third-order valence-electron chi connectivity index (χ3n) is 4.67. The Morgan fingerprint density at radius 1 is 1.17 bits per heavy atom. The van der Waals surface area contributed by atoms with Crippen LogP contribution in [0.5, 0.6) is 11.5 Å². The van der Waals surface area contributed by atoms with Gasteiger partial charge in [0, 0.05) is 11.7 Å². The Balaban J connectivity index is 1.62. The Morgan fingerprint density at radius 2 is 2.00 bits per heavy atom. The van der Waals surface area contributed by atoms with Crippen LogP contribution in [0.2, 0.25) is 0 Å².